The standard InChI is InChI=1S/C22H18N2O4/c25-17-4-2-1-3-16(17)23-20(26)12-7-9-15(10-8-12)24-21(27)18-13-5-6-14(11-13)19(18)22(24)28/h1-10,13-14,18-19,25H,11H2,(H,23,26)/t13-,14-,18-,19+/m0/s1. The van der Waals surface area contributed by atoms with Crippen LogP contribution in [0.5, 0.6) is 5.75 Å². The van der Waals surface area contributed by atoms with E-state index in [0.29, 0.717) is 16.9 Å². The summed E-state index contributed by atoms with van der Waals surface area (Å²) in [5, 5.41) is 12.4. The first-order valence-corrected chi connectivity index (χ1v) is 9.30. The van der Waals surface area contributed by atoms with Gasteiger partial charge in [0, 0.05) is 5.56 Å². The Morgan fingerprint density at radius 1 is 0.929 bits per heavy atom. The quantitative estimate of drug-likeness (QED) is 0.491. The summed E-state index contributed by atoms with van der Waals surface area (Å²) in [5.74, 6) is -0.837. The van der Waals surface area contributed by atoms with Crippen molar-refractivity contribution < 1.29 is 19.5 Å². The molecule has 2 bridgehead atoms. The maximum absolute atomic E-state index is 12.8. The molecule has 1 saturated carbocycles. The number of phenolic OH excluding ortho intramolecular Hbond substituents is 1. The van der Waals surface area contributed by atoms with Gasteiger partial charge in [-0.25, -0.2) is 0 Å². The summed E-state index contributed by atoms with van der Waals surface area (Å²) in [6, 6.07) is 12.9. The van der Waals surface area contributed by atoms with Crippen molar-refractivity contribution in [3.05, 3.63) is 66.2 Å². The van der Waals surface area contributed by atoms with Crippen molar-refractivity contribution in [1.82, 2.24) is 0 Å². The van der Waals surface area contributed by atoms with Crippen molar-refractivity contribution in [2.75, 3.05) is 10.2 Å². The SMILES string of the molecule is O=C(Nc1ccccc1O)c1ccc(N2C(=O)[C@@H]3[C@H](C2=O)[C@H]2C=C[C@H]3C2)cc1. The molecule has 0 radical (unpaired) electrons. The predicted molar refractivity (Wildman–Crippen MR) is 103 cm³/mol. The number of hydrogen-bond donors (Lipinski definition) is 2. The number of nitrogens with zero attached hydrogens (tertiary/aromatic N) is 1. The zero-order chi connectivity index (χ0) is 19.4. The van der Waals surface area contributed by atoms with Crippen LogP contribution >= 0.6 is 0 Å². The topological polar surface area (TPSA) is 86.7 Å². The molecule has 3 amide bonds. The lowest BCUT2D eigenvalue weighted by Crippen LogP contribution is -2.32. The molecule has 140 valence electrons. The van der Waals surface area contributed by atoms with E-state index in [-0.39, 0.29) is 47.1 Å². The smallest absolute Gasteiger partial charge is 0.255 e. The van der Waals surface area contributed by atoms with Gasteiger partial charge in [-0.05, 0) is 54.7 Å². The number of rotatable bonds is 3. The third-order valence-electron chi connectivity index (χ3n) is 6.01. The van der Waals surface area contributed by atoms with Crippen molar-refractivity contribution >= 4 is 29.1 Å². The molecular formula is C22H18N2O4. The Bertz CT molecular complexity index is 997. The average Bonchev–Trinajstić information content (AvgIpc) is 3.38. The Morgan fingerprint density at radius 3 is 2.14 bits per heavy atom. The lowest BCUT2D eigenvalue weighted by atomic mass is 9.85. The van der Waals surface area contributed by atoms with Gasteiger partial charge in [0.2, 0.25) is 11.8 Å². The zero-order valence-electron chi connectivity index (χ0n) is 14.9. The van der Waals surface area contributed by atoms with Crippen molar-refractivity contribution in [3.63, 3.8) is 0 Å². The van der Waals surface area contributed by atoms with Crippen molar-refractivity contribution in [1.29, 1.82) is 0 Å². The molecule has 1 saturated heterocycles. The minimum atomic E-state index is -0.383. The monoisotopic (exact) mass is 374 g/mol. The van der Waals surface area contributed by atoms with Crippen LogP contribution in [0.25, 0.3) is 0 Å². The average molecular weight is 374 g/mol. The number of hydrogen-bond acceptors (Lipinski definition) is 4. The maximum Gasteiger partial charge on any atom is 0.255 e. The number of carbonyl (C=O) groups excluding carboxylic acids is 3. The molecule has 2 aromatic rings. The third kappa shape index (κ3) is 2.37. The number of benzene rings is 2. The summed E-state index contributed by atoms with van der Waals surface area (Å²) in [4.78, 5) is 39.4. The molecule has 2 aliphatic carbocycles. The molecule has 2 fully saturated rings. The molecule has 5 rings (SSSR count). The predicted octanol–water partition coefficient (Wildman–Crippen LogP) is 2.96. The van der Waals surface area contributed by atoms with Crippen molar-refractivity contribution in [2.24, 2.45) is 23.7 Å². The van der Waals surface area contributed by atoms with Gasteiger partial charge in [-0.15, -0.1) is 0 Å². The second kappa shape index (κ2) is 6.05. The van der Waals surface area contributed by atoms with E-state index in [1.165, 1.54) is 11.0 Å². The van der Waals surface area contributed by atoms with E-state index in [1.54, 1.807) is 42.5 Å². The number of imide groups is 1. The van der Waals surface area contributed by atoms with Crippen LogP contribution in [-0.4, -0.2) is 22.8 Å². The molecular weight excluding hydrogens is 356 g/mol. The van der Waals surface area contributed by atoms with Crippen LogP contribution in [-0.2, 0) is 9.59 Å². The van der Waals surface area contributed by atoms with Gasteiger partial charge >= 0.3 is 0 Å². The fourth-order valence-corrected chi connectivity index (χ4v) is 4.69. The summed E-state index contributed by atoms with van der Waals surface area (Å²) in [6.07, 6.45) is 5.02. The Hall–Kier alpha value is -3.41. The summed E-state index contributed by atoms with van der Waals surface area (Å²) in [7, 11) is 0. The van der Waals surface area contributed by atoms with Crippen LogP contribution in [0.4, 0.5) is 11.4 Å². The molecule has 0 unspecified atom stereocenters. The van der Waals surface area contributed by atoms with E-state index in [2.05, 4.69) is 17.5 Å². The summed E-state index contributed by atoms with van der Waals surface area (Å²) >= 11 is 0. The number of aromatic hydroxyl groups is 1. The summed E-state index contributed by atoms with van der Waals surface area (Å²) < 4.78 is 0. The van der Waals surface area contributed by atoms with Crippen LogP contribution in [0.1, 0.15) is 16.8 Å². The molecule has 1 heterocycles. The molecule has 4 atom stereocenters. The van der Waals surface area contributed by atoms with Crippen LogP contribution in [0, 0.1) is 23.7 Å². The maximum atomic E-state index is 12.8. The summed E-state index contributed by atoms with van der Waals surface area (Å²) in [5.41, 5.74) is 1.17. The van der Waals surface area contributed by atoms with E-state index in [4.69, 9.17) is 0 Å². The Balaban J connectivity index is 1.36. The van der Waals surface area contributed by atoms with Crippen LogP contribution < -0.4 is 10.2 Å². The number of fused-ring (bicyclic) bond motifs is 5. The molecule has 6 heteroatoms. The molecule has 2 N–H and O–H groups in total. The fourth-order valence-electron chi connectivity index (χ4n) is 4.69. The first-order chi connectivity index (χ1) is 13.5. The van der Waals surface area contributed by atoms with Gasteiger partial charge < -0.3 is 10.4 Å². The molecule has 28 heavy (non-hydrogen) atoms. The second-order valence-electron chi connectivity index (χ2n) is 7.53. The van der Waals surface area contributed by atoms with Crippen LogP contribution in [0.3, 0.4) is 0 Å². The minimum absolute atomic E-state index is 0.0180. The number of allylic oxidation sites excluding steroid dienone is 2. The number of para-hydroxylation sites is 2. The van der Waals surface area contributed by atoms with Gasteiger partial charge in [0.05, 0.1) is 23.2 Å². The van der Waals surface area contributed by atoms with Gasteiger partial charge in [-0.2, -0.15) is 0 Å². The summed E-state index contributed by atoms with van der Waals surface area (Å²) in [6.45, 7) is 0. The second-order valence-corrected chi connectivity index (χ2v) is 7.53. The van der Waals surface area contributed by atoms with E-state index in [1.807, 2.05) is 0 Å². The normalized spacial score (nSPS) is 27.4. The van der Waals surface area contributed by atoms with Gasteiger partial charge in [-0.3, -0.25) is 19.3 Å². The number of amides is 3. The van der Waals surface area contributed by atoms with E-state index in [0.717, 1.165) is 6.42 Å². The number of phenols is 1. The van der Waals surface area contributed by atoms with E-state index in [9.17, 15) is 19.5 Å². The van der Waals surface area contributed by atoms with Crippen LogP contribution in [0.15, 0.2) is 60.7 Å². The zero-order valence-corrected chi connectivity index (χ0v) is 14.9. The lowest BCUT2D eigenvalue weighted by molar-refractivity contribution is -0.123. The Labute approximate surface area is 161 Å². The highest BCUT2D eigenvalue weighted by atomic mass is 16.3. The first-order valence-electron chi connectivity index (χ1n) is 9.30. The third-order valence-corrected chi connectivity index (χ3v) is 6.01. The molecule has 1 aliphatic heterocycles. The number of nitrogens with one attached hydrogen (secondary N) is 1. The first kappa shape index (κ1) is 16.7. The Morgan fingerprint density at radius 2 is 1.54 bits per heavy atom. The Kier molecular flexibility index (Phi) is 3.62. The largest absolute Gasteiger partial charge is 0.506 e. The minimum Gasteiger partial charge on any atom is -0.506 e. The fraction of sp³-hybridized carbons (Fsp3) is 0.227. The van der Waals surface area contributed by atoms with Gasteiger partial charge in [0.15, 0.2) is 0 Å². The van der Waals surface area contributed by atoms with Crippen LogP contribution in [0.2, 0.25) is 0 Å². The molecule has 0 spiro atoms. The highest BCUT2D eigenvalue weighted by Gasteiger charge is 2.59. The molecule has 3 aliphatic rings. The molecule has 6 nitrogen and oxygen atoms in total. The van der Waals surface area contributed by atoms with Gasteiger partial charge in [0.1, 0.15) is 5.75 Å². The van der Waals surface area contributed by atoms with Crippen molar-refractivity contribution in [3.8, 4) is 5.75 Å². The molecule has 0 aromatic heterocycles. The lowest BCUT2D eigenvalue weighted by Gasteiger charge is -2.17. The van der Waals surface area contributed by atoms with E-state index >= 15 is 0 Å². The van der Waals surface area contributed by atoms with Crippen molar-refractivity contribution in [2.45, 2.75) is 6.42 Å². The number of anilines is 2. The van der Waals surface area contributed by atoms with E-state index < -0.39 is 0 Å². The highest BCUT2D eigenvalue weighted by Crippen LogP contribution is 2.53. The number of carbonyl (C=O) groups is 3. The van der Waals surface area contributed by atoms with Gasteiger partial charge in [0.25, 0.3) is 5.91 Å². The molecule has 2 aromatic carbocycles. The highest BCUT2D eigenvalue weighted by molar-refractivity contribution is 6.23. The van der Waals surface area contributed by atoms with Gasteiger partial charge in [-0.1, -0.05) is 24.3 Å².